The maximum Gasteiger partial charge on any atom is 0.191 e. The highest BCUT2D eigenvalue weighted by Crippen LogP contribution is 2.16. The van der Waals surface area contributed by atoms with Gasteiger partial charge < -0.3 is 15.5 Å². The normalized spacial score (nSPS) is 19.5. The first-order chi connectivity index (χ1) is 11.7. The van der Waals surface area contributed by atoms with Gasteiger partial charge in [-0.05, 0) is 52.6 Å². The lowest BCUT2D eigenvalue weighted by molar-refractivity contribution is 0.158. The number of guanidine groups is 1. The fourth-order valence-corrected chi connectivity index (χ4v) is 3.09. The van der Waals surface area contributed by atoms with Gasteiger partial charge in [-0.3, -0.25) is 4.68 Å². The molecule has 1 aromatic heterocycles. The Morgan fingerprint density at radius 3 is 2.92 bits per heavy atom. The molecule has 0 aliphatic carbocycles. The number of rotatable bonds is 8. The predicted octanol–water partition coefficient (Wildman–Crippen LogP) is 1.52. The maximum atomic E-state index is 4.58. The summed E-state index contributed by atoms with van der Waals surface area (Å²) in [5.74, 6) is 1.72. The van der Waals surface area contributed by atoms with Gasteiger partial charge in [-0.25, -0.2) is 9.98 Å². The number of aromatic nitrogens is 3. The molecular weight excluding hydrogens is 302 g/mol. The van der Waals surface area contributed by atoms with Crippen LogP contribution in [0.25, 0.3) is 0 Å². The lowest BCUT2D eigenvalue weighted by Gasteiger charge is -2.33. The van der Waals surface area contributed by atoms with Crippen molar-refractivity contribution >= 4 is 5.96 Å². The molecule has 0 saturated carbocycles. The number of aliphatic imine (C=N–C) groups is 1. The van der Waals surface area contributed by atoms with Crippen LogP contribution in [0.1, 0.15) is 51.8 Å². The van der Waals surface area contributed by atoms with Gasteiger partial charge in [0, 0.05) is 26.2 Å². The number of piperidine rings is 1. The average Bonchev–Trinajstić information content (AvgIpc) is 2.99. The molecule has 1 saturated heterocycles. The van der Waals surface area contributed by atoms with Gasteiger partial charge in [-0.1, -0.05) is 6.42 Å². The molecule has 1 aromatic rings. The summed E-state index contributed by atoms with van der Waals surface area (Å²) in [5, 5.41) is 10.8. The van der Waals surface area contributed by atoms with Crippen molar-refractivity contribution in [1.82, 2.24) is 30.3 Å². The SMILES string of the molecule is CCNC(=NCc1ncnn1C)NCCCCN1CCCCC1C. The van der Waals surface area contributed by atoms with E-state index in [9.17, 15) is 0 Å². The van der Waals surface area contributed by atoms with Crippen LogP contribution in [0.2, 0.25) is 0 Å². The minimum Gasteiger partial charge on any atom is -0.357 e. The number of aryl methyl sites for hydroxylation is 1. The Kier molecular flexibility index (Phi) is 8.01. The van der Waals surface area contributed by atoms with E-state index >= 15 is 0 Å². The molecule has 0 amide bonds. The largest absolute Gasteiger partial charge is 0.357 e. The van der Waals surface area contributed by atoms with E-state index in [1.807, 2.05) is 7.05 Å². The molecule has 1 aliphatic rings. The van der Waals surface area contributed by atoms with Crippen LogP contribution in [-0.4, -0.2) is 57.8 Å². The van der Waals surface area contributed by atoms with E-state index in [0.717, 1.165) is 37.3 Å². The highest BCUT2D eigenvalue weighted by atomic mass is 15.3. The van der Waals surface area contributed by atoms with Crippen LogP contribution in [-0.2, 0) is 13.6 Å². The van der Waals surface area contributed by atoms with Crippen molar-refractivity contribution in [3.05, 3.63) is 12.2 Å². The van der Waals surface area contributed by atoms with Crippen LogP contribution in [0.4, 0.5) is 0 Å². The predicted molar refractivity (Wildman–Crippen MR) is 97.9 cm³/mol. The summed E-state index contributed by atoms with van der Waals surface area (Å²) in [6.07, 6.45) is 8.08. The van der Waals surface area contributed by atoms with Crippen LogP contribution >= 0.6 is 0 Å². The zero-order valence-electron chi connectivity index (χ0n) is 15.5. The molecule has 2 N–H and O–H groups in total. The standard InChI is InChI=1S/C17H33N7/c1-4-18-17(20-13-16-21-14-22-23(16)3)19-10-6-8-12-24-11-7-5-9-15(24)2/h14-15H,4-13H2,1-3H3,(H2,18,19,20). The van der Waals surface area contributed by atoms with Crippen LogP contribution in [0.15, 0.2) is 11.3 Å². The molecule has 2 heterocycles. The van der Waals surface area contributed by atoms with Crippen molar-refractivity contribution < 1.29 is 0 Å². The number of hydrogen-bond acceptors (Lipinski definition) is 4. The van der Waals surface area contributed by atoms with Gasteiger partial charge in [-0.2, -0.15) is 5.10 Å². The smallest absolute Gasteiger partial charge is 0.191 e. The van der Waals surface area contributed by atoms with Crippen molar-refractivity contribution in [2.24, 2.45) is 12.0 Å². The number of nitrogens with zero attached hydrogens (tertiary/aromatic N) is 5. The fourth-order valence-electron chi connectivity index (χ4n) is 3.09. The highest BCUT2D eigenvalue weighted by molar-refractivity contribution is 5.79. The van der Waals surface area contributed by atoms with Gasteiger partial charge >= 0.3 is 0 Å². The monoisotopic (exact) mass is 335 g/mol. The molecule has 0 aromatic carbocycles. The first kappa shape index (κ1) is 18.7. The third-order valence-electron chi connectivity index (χ3n) is 4.63. The Labute approximate surface area is 145 Å². The molecule has 1 aliphatic heterocycles. The topological polar surface area (TPSA) is 70.4 Å². The number of unbranched alkanes of at least 4 members (excludes halogenated alkanes) is 1. The van der Waals surface area contributed by atoms with E-state index in [-0.39, 0.29) is 0 Å². The molecule has 1 fully saturated rings. The summed E-state index contributed by atoms with van der Waals surface area (Å²) in [4.78, 5) is 11.4. The molecule has 0 spiro atoms. The first-order valence-electron chi connectivity index (χ1n) is 9.29. The minimum absolute atomic E-state index is 0.539. The Hall–Kier alpha value is -1.63. The van der Waals surface area contributed by atoms with E-state index < -0.39 is 0 Å². The third kappa shape index (κ3) is 6.11. The molecule has 0 bridgehead atoms. The average molecular weight is 336 g/mol. The van der Waals surface area contributed by atoms with E-state index in [4.69, 9.17) is 0 Å². The molecule has 7 nitrogen and oxygen atoms in total. The highest BCUT2D eigenvalue weighted by Gasteiger charge is 2.16. The van der Waals surface area contributed by atoms with Gasteiger partial charge in [0.25, 0.3) is 0 Å². The van der Waals surface area contributed by atoms with Crippen molar-refractivity contribution in [3.8, 4) is 0 Å². The zero-order chi connectivity index (χ0) is 17.2. The second kappa shape index (κ2) is 10.3. The van der Waals surface area contributed by atoms with Gasteiger partial charge in [0.2, 0.25) is 0 Å². The van der Waals surface area contributed by atoms with E-state index in [0.29, 0.717) is 6.54 Å². The zero-order valence-corrected chi connectivity index (χ0v) is 15.5. The van der Waals surface area contributed by atoms with Crippen LogP contribution < -0.4 is 10.6 Å². The van der Waals surface area contributed by atoms with Crippen LogP contribution in [0.3, 0.4) is 0 Å². The fraction of sp³-hybridized carbons (Fsp3) is 0.824. The first-order valence-corrected chi connectivity index (χ1v) is 9.29. The molecule has 2 rings (SSSR count). The maximum absolute atomic E-state index is 4.58. The van der Waals surface area contributed by atoms with E-state index in [1.54, 1.807) is 11.0 Å². The summed E-state index contributed by atoms with van der Waals surface area (Å²) in [6, 6.07) is 0.761. The van der Waals surface area contributed by atoms with E-state index in [1.165, 1.54) is 38.8 Å². The molecule has 1 atom stereocenters. The summed E-state index contributed by atoms with van der Waals surface area (Å²) < 4.78 is 1.76. The summed E-state index contributed by atoms with van der Waals surface area (Å²) in [7, 11) is 1.89. The van der Waals surface area contributed by atoms with Crippen LogP contribution in [0, 0.1) is 0 Å². The Balaban J connectivity index is 1.66. The Morgan fingerprint density at radius 1 is 1.33 bits per heavy atom. The summed E-state index contributed by atoms with van der Waals surface area (Å²) in [5.41, 5.74) is 0. The van der Waals surface area contributed by atoms with Crippen molar-refractivity contribution in [2.75, 3.05) is 26.2 Å². The van der Waals surface area contributed by atoms with Gasteiger partial charge in [-0.15, -0.1) is 0 Å². The second-order valence-corrected chi connectivity index (χ2v) is 6.51. The Morgan fingerprint density at radius 2 is 2.21 bits per heavy atom. The van der Waals surface area contributed by atoms with Crippen LogP contribution in [0.5, 0.6) is 0 Å². The Bertz CT molecular complexity index is 497. The quantitative estimate of drug-likeness (QED) is 0.428. The molecule has 1 unspecified atom stereocenters. The molecular formula is C17H33N7. The number of likely N-dealkylation sites (tertiary alicyclic amines) is 1. The third-order valence-corrected chi connectivity index (χ3v) is 4.63. The molecule has 0 radical (unpaired) electrons. The molecule has 24 heavy (non-hydrogen) atoms. The lowest BCUT2D eigenvalue weighted by atomic mass is 10.0. The summed E-state index contributed by atoms with van der Waals surface area (Å²) in [6.45, 7) is 9.28. The van der Waals surface area contributed by atoms with Crippen molar-refractivity contribution in [1.29, 1.82) is 0 Å². The minimum atomic E-state index is 0.539. The molecule has 7 heteroatoms. The lowest BCUT2D eigenvalue weighted by Crippen LogP contribution is -2.39. The number of hydrogen-bond donors (Lipinski definition) is 2. The van der Waals surface area contributed by atoms with Crippen molar-refractivity contribution in [2.45, 2.75) is 58.5 Å². The van der Waals surface area contributed by atoms with Gasteiger partial charge in [0.05, 0.1) is 0 Å². The second-order valence-electron chi connectivity index (χ2n) is 6.51. The number of nitrogens with one attached hydrogen (secondary N) is 2. The molecule has 136 valence electrons. The van der Waals surface area contributed by atoms with Gasteiger partial charge in [0.15, 0.2) is 5.96 Å². The van der Waals surface area contributed by atoms with Gasteiger partial charge in [0.1, 0.15) is 18.7 Å². The van der Waals surface area contributed by atoms with Crippen molar-refractivity contribution in [3.63, 3.8) is 0 Å². The summed E-state index contributed by atoms with van der Waals surface area (Å²) >= 11 is 0. The van der Waals surface area contributed by atoms with E-state index in [2.05, 4.69) is 44.5 Å².